The fourth-order valence-corrected chi connectivity index (χ4v) is 2.86. The van der Waals surface area contributed by atoms with Crippen LogP contribution in [0.3, 0.4) is 0 Å². The molecule has 1 heterocycles. The summed E-state index contributed by atoms with van der Waals surface area (Å²) < 4.78 is 0. The van der Waals surface area contributed by atoms with Crippen LogP contribution >= 0.6 is 0 Å². The number of H-pyrrole nitrogens is 1. The highest BCUT2D eigenvalue weighted by atomic mass is 16.1. The summed E-state index contributed by atoms with van der Waals surface area (Å²) in [7, 11) is 0. The summed E-state index contributed by atoms with van der Waals surface area (Å²) in [6.07, 6.45) is 2.53. The quantitative estimate of drug-likeness (QED) is 0.730. The first kappa shape index (κ1) is 16.3. The van der Waals surface area contributed by atoms with Gasteiger partial charge in [0.15, 0.2) is 0 Å². The molecule has 2 heteroatoms. The monoisotopic (exact) mass is 317 g/mol. The van der Waals surface area contributed by atoms with E-state index in [9.17, 15) is 4.79 Å². The minimum Gasteiger partial charge on any atom is -0.329 e. The van der Waals surface area contributed by atoms with Gasteiger partial charge in [-0.3, -0.25) is 4.79 Å². The molecule has 1 aromatic heterocycles. The van der Waals surface area contributed by atoms with Crippen molar-refractivity contribution in [3.8, 4) is 11.1 Å². The highest BCUT2D eigenvalue weighted by Gasteiger charge is 2.16. The summed E-state index contributed by atoms with van der Waals surface area (Å²) >= 11 is 0. The number of hydrogen-bond acceptors (Lipinski definition) is 1. The van der Waals surface area contributed by atoms with Crippen LogP contribution in [0.1, 0.15) is 37.5 Å². The van der Waals surface area contributed by atoms with Crippen molar-refractivity contribution in [2.45, 2.75) is 32.6 Å². The molecule has 0 spiro atoms. The lowest BCUT2D eigenvalue weighted by Crippen LogP contribution is -2.13. The summed E-state index contributed by atoms with van der Waals surface area (Å²) in [4.78, 5) is 15.0. The Morgan fingerprint density at radius 3 is 2.29 bits per heavy atom. The number of rotatable bonds is 3. The molecule has 122 valence electrons. The lowest BCUT2D eigenvalue weighted by molar-refractivity contribution is 0.589. The molecule has 1 N–H and O–H groups in total. The van der Waals surface area contributed by atoms with Gasteiger partial charge in [-0.1, -0.05) is 69.3 Å². The van der Waals surface area contributed by atoms with E-state index in [4.69, 9.17) is 0 Å². The number of hydrogen-bond donors (Lipinski definition) is 1. The fourth-order valence-electron chi connectivity index (χ4n) is 2.86. The molecule has 0 aliphatic carbocycles. The van der Waals surface area contributed by atoms with E-state index in [1.165, 1.54) is 16.7 Å². The summed E-state index contributed by atoms with van der Waals surface area (Å²) in [5.41, 5.74) is 5.43. The van der Waals surface area contributed by atoms with Crippen LogP contribution in [0.25, 0.3) is 11.1 Å². The van der Waals surface area contributed by atoms with Gasteiger partial charge < -0.3 is 4.98 Å². The lowest BCUT2D eigenvalue weighted by atomic mass is 9.83. The van der Waals surface area contributed by atoms with Crippen molar-refractivity contribution in [2.24, 2.45) is 0 Å². The van der Waals surface area contributed by atoms with Gasteiger partial charge in [-0.2, -0.15) is 0 Å². The molecule has 0 amide bonds. The van der Waals surface area contributed by atoms with E-state index in [1.54, 1.807) is 6.20 Å². The average Bonchev–Trinajstić information content (AvgIpc) is 2.55. The van der Waals surface area contributed by atoms with Crippen LogP contribution in [-0.2, 0) is 11.8 Å². The Bertz CT molecular complexity index is 886. The van der Waals surface area contributed by atoms with Gasteiger partial charge in [0.05, 0.1) is 0 Å². The number of benzene rings is 2. The molecular formula is C22H23NO. The van der Waals surface area contributed by atoms with Gasteiger partial charge in [-0.25, -0.2) is 0 Å². The maximum Gasteiger partial charge on any atom is 0.255 e. The van der Waals surface area contributed by atoms with E-state index >= 15 is 0 Å². The largest absolute Gasteiger partial charge is 0.329 e. The van der Waals surface area contributed by atoms with E-state index < -0.39 is 0 Å². The smallest absolute Gasteiger partial charge is 0.255 e. The fraction of sp³-hybridized carbons (Fsp3) is 0.227. The van der Waals surface area contributed by atoms with Crippen molar-refractivity contribution in [3.05, 3.63) is 93.9 Å². The number of pyridine rings is 1. The van der Waals surface area contributed by atoms with E-state index in [-0.39, 0.29) is 11.0 Å². The molecule has 0 bridgehead atoms. The summed E-state index contributed by atoms with van der Waals surface area (Å²) in [5.74, 6) is 0. The number of aromatic amines is 1. The Morgan fingerprint density at radius 1 is 0.875 bits per heavy atom. The molecule has 0 fully saturated rings. The Hall–Kier alpha value is -2.61. The predicted molar refractivity (Wildman–Crippen MR) is 100 cm³/mol. The number of aromatic nitrogens is 1. The molecule has 2 aromatic carbocycles. The summed E-state index contributed by atoms with van der Waals surface area (Å²) in [5, 5.41) is 0. The maximum absolute atomic E-state index is 12.2. The van der Waals surface area contributed by atoms with Crippen LogP contribution < -0.4 is 5.56 Å². The second kappa shape index (κ2) is 6.48. The van der Waals surface area contributed by atoms with Gasteiger partial charge in [0.1, 0.15) is 0 Å². The van der Waals surface area contributed by atoms with Gasteiger partial charge in [-0.05, 0) is 46.2 Å². The van der Waals surface area contributed by atoms with Crippen molar-refractivity contribution in [1.29, 1.82) is 0 Å². The molecule has 3 aromatic rings. The van der Waals surface area contributed by atoms with Crippen LogP contribution in [-0.4, -0.2) is 4.98 Å². The van der Waals surface area contributed by atoms with Gasteiger partial charge >= 0.3 is 0 Å². The van der Waals surface area contributed by atoms with Crippen LogP contribution in [0.4, 0.5) is 0 Å². The molecule has 0 saturated heterocycles. The average molecular weight is 317 g/mol. The van der Waals surface area contributed by atoms with Crippen molar-refractivity contribution in [1.82, 2.24) is 4.98 Å². The molecule has 0 radical (unpaired) electrons. The van der Waals surface area contributed by atoms with Gasteiger partial charge in [0.2, 0.25) is 0 Å². The van der Waals surface area contributed by atoms with Gasteiger partial charge in [0, 0.05) is 11.8 Å². The second-order valence-corrected chi connectivity index (χ2v) is 7.24. The first-order valence-electron chi connectivity index (χ1n) is 8.30. The first-order valence-corrected chi connectivity index (χ1v) is 8.30. The molecule has 3 rings (SSSR count). The van der Waals surface area contributed by atoms with Crippen LogP contribution in [0, 0.1) is 0 Å². The van der Waals surface area contributed by atoms with Crippen molar-refractivity contribution in [2.75, 3.05) is 0 Å². The standard InChI is InChI=1S/C22H23NO/c1-22(2,3)19-14-17(12-16-8-5-4-6-9-16)13-18(15-19)20-10-7-11-23-21(20)24/h4-11,13-15H,12H2,1-3H3,(H,23,24). The van der Waals surface area contributed by atoms with E-state index in [0.717, 1.165) is 17.5 Å². The predicted octanol–water partition coefficient (Wildman–Crippen LogP) is 4.93. The van der Waals surface area contributed by atoms with Crippen LogP contribution in [0.15, 0.2) is 71.7 Å². The zero-order chi connectivity index (χ0) is 17.2. The second-order valence-electron chi connectivity index (χ2n) is 7.24. The van der Waals surface area contributed by atoms with Crippen LogP contribution in [0.2, 0.25) is 0 Å². The topological polar surface area (TPSA) is 32.9 Å². The highest BCUT2D eigenvalue weighted by Crippen LogP contribution is 2.29. The lowest BCUT2D eigenvalue weighted by Gasteiger charge is -2.21. The van der Waals surface area contributed by atoms with Crippen molar-refractivity contribution < 1.29 is 0 Å². The Kier molecular flexibility index (Phi) is 4.39. The Labute approximate surface area is 143 Å². The van der Waals surface area contributed by atoms with E-state index in [1.807, 2.05) is 18.2 Å². The third-order valence-corrected chi connectivity index (χ3v) is 4.24. The molecule has 0 aliphatic rings. The van der Waals surface area contributed by atoms with Crippen molar-refractivity contribution >= 4 is 0 Å². The normalized spacial score (nSPS) is 11.5. The SMILES string of the molecule is CC(C)(C)c1cc(Cc2ccccc2)cc(-c2ccc[nH]c2=O)c1. The minimum absolute atomic E-state index is 0.0307. The molecule has 24 heavy (non-hydrogen) atoms. The zero-order valence-corrected chi connectivity index (χ0v) is 14.5. The Morgan fingerprint density at radius 2 is 1.62 bits per heavy atom. The Balaban J connectivity index is 2.11. The summed E-state index contributed by atoms with van der Waals surface area (Å²) in [6, 6.07) is 20.7. The minimum atomic E-state index is -0.0470. The molecule has 0 aliphatic heterocycles. The van der Waals surface area contributed by atoms with E-state index in [0.29, 0.717) is 0 Å². The molecule has 2 nitrogen and oxygen atoms in total. The molecule has 0 unspecified atom stereocenters. The van der Waals surface area contributed by atoms with Crippen molar-refractivity contribution in [3.63, 3.8) is 0 Å². The zero-order valence-electron chi connectivity index (χ0n) is 14.5. The van der Waals surface area contributed by atoms with Gasteiger partial charge in [0.25, 0.3) is 5.56 Å². The van der Waals surface area contributed by atoms with Crippen LogP contribution in [0.5, 0.6) is 0 Å². The molecule has 0 saturated carbocycles. The van der Waals surface area contributed by atoms with Gasteiger partial charge in [-0.15, -0.1) is 0 Å². The summed E-state index contributed by atoms with van der Waals surface area (Å²) in [6.45, 7) is 6.61. The highest BCUT2D eigenvalue weighted by molar-refractivity contribution is 5.65. The third-order valence-electron chi connectivity index (χ3n) is 4.24. The number of nitrogens with one attached hydrogen (secondary N) is 1. The molecular weight excluding hydrogens is 294 g/mol. The third kappa shape index (κ3) is 3.65. The molecule has 0 atom stereocenters. The first-order chi connectivity index (χ1) is 11.4. The van der Waals surface area contributed by atoms with E-state index in [2.05, 4.69) is 68.2 Å². The maximum atomic E-state index is 12.2.